The first-order valence-corrected chi connectivity index (χ1v) is 8.60. The number of carbonyl (C=O) groups is 1. The summed E-state index contributed by atoms with van der Waals surface area (Å²) in [5.74, 6) is 0.705. The number of ether oxygens (including phenoxy) is 1. The normalized spacial score (nSPS) is 10.3. The van der Waals surface area contributed by atoms with Crippen molar-refractivity contribution < 1.29 is 9.53 Å². The number of benzene rings is 1. The number of thiazole rings is 1. The van der Waals surface area contributed by atoms with Gasteiger partial charge in [-0.1, -0.05) is 23.5 Å². The van der Waals surface area contributed by atoms with Crippen molar-refractivity contribution in [3.8, 4) is 5.75 Å². The number of amides is 1. The molecule has 0 saturated carbocycles. The molecule has 0 atom stereocenters. The van der Waals surface area contributed by atoms with Crippen LogP contribution in [-0.2, 0) is 6.42 Å². The second-order valence-electron chi connectivity index (χ2n) is 5.25. The van der Waals surface area contributed by atoms with Gasteiger partial charge < -0.3 is 15.4 Å². The van der Waals surface area contributed by atoms with Crippen LogP contribution in [0.25, 0.3) is 0 Å². The molecule has 0 saturated heterocycles. The number of carbonyl (C=O) groups excluding carboxylic acids is 1. The van der Waals surface area contributed by atoms with E-state index in [2.05, 4.69) is 20.6 Å². The number of hydrogen-bond donors (Lipinski definition) is 2. The van der Waals surface area contributed by atoms with E-state index in [1.54, 1.807) is 25.7 Å². The maximum atomic E-state index is 12.2. The number of nitrogens with one attached hydrogen (secondary N) is 2. The largest absolute Gasteiger partial charge is 0.497 e. The van der Waals surface area contributed by atoms with Gasteiger partial charge >= 0.3 is 0 Å². The molecule has 1 aromatic carbocycles. The second kappa shape index (κ2) is 8.25. The average molecular weight is 354 g/mol. The van der Waals surface area contributed by atoms with Crippen LogP contribution in [-0.4, -0.2) is 29.5 Å². The number of pyridine rings is 1. The lowest BCUT2D eigenvalue weighted by molar-refractivity contribution is 0.0958. The third-order valence-corrected chi connectivity index (χ3v) is 4.41. The van der Waals surface area contributed by atoms with Gasteiger partial charge in [0.05, 0.1) is 25.2 Å². The van der Waals surface area contributed by atoms with E-state index in [1.165, 1.54) is 11.3 Å². The molecule has 2 N–H and O–H groups in total. The molecular formula is C18H18N4O2S. The van der Waals surface area contributed by atoms with Crippen molar-refractivity contribution in [2.75, 3.05) is 19.0 Å². The van der Waals surface area contributed by atoms with Gasteiger partial charge in [0.15, 0.2) is 5.13 Å². The molecule has 0 bridgehead atoms. The highest BCUT2D eigenvalue weighted by molar-refractivity contribution is 7.17. The van der Waals surface area contributed by atoms with Crippen molar-refractivity contribution in [3.05, 3.63) is 65.4 Å². The first-order valence-electron chi connectivity index (χ1n) is 7.78. The van der Waals surface area contributed by atoms with Crippen molar-refractivity contribution in [1.82, 2.24) is 15.3 Å². The summed E-state index contributed by atoms with van der Waals surface area (Å²) in [4.78, 5) is 21.0. The fourth-order valence-electron chi connectivity index (χ4n) is 2.20. The van der Waals surface area contributed by atoms with Gasteiger partial charge in [-0.05, 0) is 36.2 Å². The summed E-state index contributed by atoms with van der Waals surface area (Å²) in [6.07, 6.45) is 5.74. The van der Waals surface area contributed by atoms with Crippen LogP contribution in [0.4, 0.5) is 10.8 Å². The number of anilines is 2. The van der Waals surface area contributed by atoms with Gasteiger partial charge in [0.2, 0.25) is 0 Å². The van der Waals surface area contributed by atoms with Gasteiger partial charge in [-0.3, -0.25) is 9.78 Å². The van der Waals surface area contributed by atoms with Gasteiger partial charge in [0, 0.05) is 12.7 Å². The van der Waals surface area contributed by atoms with E-state index < -0.39 is 0 Å². The maximum Gasteiger partial charge on any atom is 0.263 e. The Morgan fingerprint density at radius 3 is 2.76 bits per heavy atom. The Bertz CT molecular complexity index is 819. The Morgan fingerprint density at radius 2 is 2.04 bits per heavy atom. The average Bonchev–Trinajstić information content (AvgIpc) is 3.12. The van der Waals surface area contributed by atoms with Gasteiger partial charge in [0.25, 0.3) is 5.91 Å². The lowest BCUT2D eigenvalue weighted by Gasteiger charge is -2.05. The molecule has 0 spiro atoms. The van der Waals surface area contributed by atoms with Crippen LogP contribution in [0.5, 0.6) is 5.75 Å². The van der Waals surface area contributed by atoms with Gasteiger partial charge in [0.1, 0.15) is 10.6 Å². The summed E-state index contributed by atoms with van der Waals surface area (Å²) < 4.78 is 5.13. The molecular weight excluding hydrogens is 336 g/mol. The molecule has 0 fully saturated rings. The molecule has 1 amide bonds. The minimum Gasteiger partial charge on any atom is -0.497 e. The molecule has 0 aliphatic carbocycles. The first kappa shape index (κ1) is 16.9. The zero-order valence-corrected chi connectivity index (χ0v) is 14.5. The summed E-state index contributed by atoms with van der Waals surface area (Å²) >= 11 is 1.31. The third kappa shape index (κ3) is 4.77. The fourth-order valence-corrected chi connectivity index (χ4v) is 2.95. The number of rotatable bonds is 7. The van der Waals surface area contributed by atoms with Crippen LogP contribution in [0.15, 0.2) is 55.0 Å². The van der Waals surface area contributed by atoms with Crippen molar-refractivity contribution in [1.29, 1.82) is 0 Å². The van der Waals surface area contributed by atoms with E-state index in [0.29, 0.717) is 16.6 Å². The predicted molar refractivity (Wildman–Crippen MR) is 98.7 cm³/mol. The highest BCUT2D eigenvalue weighted by Gasteiger charge is 2.10. The van der Waals surface area contributed by atoms with Crippen LogP contribution in [0.2, 0.25) is 0 Å². The molecule has 0 aliphatic heterocycles. The Labute approximate surface area is 149 Å². The van der Waals surface area contributed by atoms with Gasteiger partial charge in [-0.2, -0.15) is 0 Å². The van der Waals surface area contributed by atoms with Crippen molar-refractivity contribution in [3.63, 3.8) is 0 Å². The Balaban J connectivity index is 1.49. The lowest BCUT2D eigenvalue weighted by Crippen LogP contribution is -2.24. The minimum atomic E-state index is -0.120. The van der Waals surface area contributed by atoms with Crippen LogP contribution in [0.1, 0.15) is 15.2 Å². The zero-order valence-electron chi connectivity index (χ0n) is 13.7. The van der Waals surface area contributed by atoms with Crippen LogP contribution >= 0.6 is 11.3 Å². The molecule has 7 heteroatoms. The van der Waals surface area contributed by atoms with E-state index >= 15 is 0 Å². The van der Waals surface area contributed by atoms with E-state index in [1.807, 2.05) is 36.4 Å². The molecule has 3 aromatic rings. The molecule has 0 unspecified atom stereocenters. The Kier molecular flexibility index (Phi) is 5.58. The molecule has 0 radical (unpaired) electrons. The van der Waals surface area contributed by atoms with E-state index in [9.17, 15) is 4.79 Å². The molecule has 3 rings (SSSR count). The highest BCUT2D eigenvalue weighted by atomic mass is 32.1. The fraction of sp³-hybridized carbons (Fsp3) is 0.167. The smallest absolute Gasteiger partial charge is 0.263 e. The van der Waals surface area contributed by atoms with Crippen LogP contribution in [0.3, 0.4) is 0 Å². The first-order chi connectivity index (χ1) is 12.2. The predicted octanol–water partition coefficient (Wildman–Crippen LogP) is 3.26. The van der Waals surface area contributed by atoms with Crippen molar-refractivity contribution >= 4 is 28.1 Å². The topological polar surface area (TPSA) is 76.1 Å². The Hall–Kier alpha value is -2.93. The van der Waals surface area contributed by atoms with Gasteiger partial charge in [-0.25, -0.2) is 4.98 Å². The summed E-state index contributed by atoms with van der Waals surface area (Å²) in [5.41, 5.74) is 1.98. The quantitative estimate of drug-likeness (QED) is 0.681. The van der Waals surface area contributed by atoms with Crippen LogP contribution in [0, 0.1) is 0 Å². The Morgan fingerprint density at radius 1 is 1.20 bits per heavy atom. The molecule has 2 heterocycles. The summed E-state index contributed by atoms with van der Waals surface area (Å²) in [6, 6.07) is 11.5. The number of nitrogens with zero attached hydrogens (tertiary/aromatic N) is 2. The molecule has 6 nitrogen and oxygen atoms in total. The SMILES string of the molecule is COc1ccc(CCNC(=O)c2cnc(Nc3cccnc3)s2)cc1. The van der Waals surface area contributed by atoms with Crippen molar-refractivity contribution in [2.24, 2.45) is 0 Å². The number of methoxy groups -OCH3 is 1. The summed E-state index contributed by atoms with van der Waals surface area (Å²) in [7, 11) is 1.64. The molecule has 0 aliphatic rings. The van der Waals surface area contributed by atoms with E-state index in [0.717, 1.165) is 23.4 Å². The summed E-state index contributed by atoms with van der Waals surface area (Å²) in [6.45, 7) is 0.564. The molecule has 2 aromatic heterocycles. The highest BCUT2D eigenvalue weighted by Crippen LogP contribution is 2.21. The van der Waals surface area contributed by atoms with E-state index in [4.69, 9.17) is 4.74 Å². The summed E-state index contributed by atoms with van der Waals surface area (Å²) in [5, 5.41) is 6.70. The monoisotopic (exact) mass is 354 g/mol. The van der Waals surface area contributed by atoms with Crippen LogP contribution < -0.4 is 15.4 Å². The maximum absolute atomic E-state index is 12.2. The lowest BCUT2D eigenvalue weighted by atomic mass is 10.1. The van der Waals surface area contributed by atoms with Gasteiger partial charge in [-0.15, -0.1) is 0 Å². The number of hydrogen-bond acceptors (Lipinski definition) is 6. The zero-order chi connectivity index (χ0) is 17.5. The molecule has 25 heavy (non-hydrogen) atoms. The standard InChI is InChI=1S/C18H18N4O2S/c1-24-15-6-4-13(5-7-15)8-10-20-17(23)16-12-21-18(25-16)22-14-3-2-9-19-11-14/h2-7,9,11-12H,8,10H2,1H3,(H,20,23)(H,21,22). The second-order valence-corrected chi connectivity index (χ2v) is 6.28. The van der Waals surface area contributed by atoms with Crippen molar-refractivity contribution in [2.45, 2.75) is 6.42 Å². The van der Waals surface area contributed by atoms with E-state index in [-0.39, 0.29) is 5.91 Å². The molecule has 128 valence electrons. The number of aromatic nitrogens is 2. The third-order valence-electron chi connectivity index (χ3n) is 3.50. The minimum absolute atomic E-state index is 0.120.